The largest absolute Gasteiger partial charge is 0.321 e. The normalized spacial score (nSPS) is 15.6. The van der Waals surface area contributed by atoms with Crippen molar-refractivity contribution in [2.24, 2.45) is 0 Å². The van der Waals surface area contributed by atoms with Gasteiger partial charge in [0.25, 0.3) is 5.91 Å². The maximum absolute atomic E-state index is 13.5. The Morgan fingerprint density at radius 1 is 1.36 bits per heavy atom. The number of nitrogens with one attached hydrogen (secondary N) is 1. The van der Waals surface area contributed by atoms with Gasteiger partial charge >= 0.3 is 0 Å². The van der Waals surface area contributed by atoms with Gasteiger partial charge in [-0.25, -0.2) is 13.9 Å². The van der Waals surface area contributed by atoms with Crippen molar-refractivity contribution in [3.8, 4) is 0 Å². The predicted molar refractivity (Wildman–Crippen MR) is 83.2 cm³/mol. The molecular weight excluding hydrogens is 303 g/mol. The molecule has 2 aromatic heterocycles. The van der Waals surface area contributed by atoms with E-state index in [9.17, 15) is 9.18 Å². The van der Waals surface area contributed by atoms with Crippen LogP contribution >= 0.6 is 11.3 Å². The van der Waals surface area contributed by atoms with E-state index in [4.69, 9.17) is 0 Å². The highest BCUT2D eigenvalue weighted by Crippen LogP contribution is 2.34. The SMILES string of the molecule is Cc1nn2c(/C=C3/C(=O)Nc4ccc(F)cc43)c(C)nc2s1. The molecule has 0 unspecified atom stereocenters. The molecule has 1 amide bonds. The summed E-state index contributed by atoms with van der Waals surface area (Å²) in [7, 11) is 0. The van der Waals surface area contributed by atoms with Gasteiger partial charge in [-0.15, -0.1) is 0 Å². The summed E-state index contributed by atoms with van der Waals surface area (Å²) in [6, 6.07) is 4.25. The molecule has 4 rings (SSSR count). The van der Waals surface area contributed by atoms with E-state index in [1.807, 2.05) is 13.8 Å². The highest BCUT2D eigenvalue weighted by molar-refractivity contribution is 7.16. The summed E-state index contributed by atoms with van der Waals surface area (Å²) in [5.74, 6) is -0.622. The number of imidazole rings is 1. The van der Waals surface area contributed by atoms with Crippen LogP contribution in [0.1, 0.15) is 22.0 Å². The highest BCUT2D eigenvalue weighted by Gasteiger charge is 2.25. The summed E-state index contributed by atoms with van der Waals surface area (Å²) in [5, 5.41) is 8.03. The quantitative estimate of drug-likeness (QED) is 0.702. The van der Waals surface area contributed by atoms with Crippen molar-refractivity contribution >= 4 is 39.5 Å². The Bertz CT molecular complexity index is 969. The lowest BCUT2D eigenvalue weighted by Gasteiger charge is -1.99. The van der Waals surface area contributed by atoms with Crippen molar-refractivity contribution in [2.45, 2.75) is 13.8 Å². The fraction of sp³-hybridized carbons (Fsp3) is 0.133. The van der Waals surface area contributed by atoms with E-state index in [2.05, 4.69) is 15.4 Å². The van der Waals surface area contributed by atoms with E-state index in [0.29, 0.717) is 16.8 Å². The molecule has 5 nitrogen and oxygen atoms in total. The number of hydrogen-bond acceptors (Lipinski definition) is 4. The van der Waals surface area contributed by atoms with Crippen LogP contribution in [-0.4, -0.2) is 20.5 Å². The Labute approximate surface area is 129 Å². The second kappa shape index (κ2) is 4.48. The summed E-state index contributed by atoms with van der Waals surface area (Å²) in [6.07, 6.45) is 1.72. The standard InChI is InChI=1S/C15H11FN4OS/c1-7-13(20-15(17-7)22-8(2)19-20)6-11-10-5-9(16)3-4-12(10)18-14(11)21/h3-6H,1-2H3,(H,18,21)/b11-6+. The van der Waals surface area contributed by atoms with Gasteiger partial charge in [-0.3, -0.25) is 4.79 Å². The molecule has 0 atom stereocenters. The molecule has 0 radical (unpaired) electrons. The summed E-state index contributed by atoms with van der Waals surface area (Å²) in [6.45, 7) is 3.76. The van der Waals surface area contributed by atoms with E-state index < -0.39 is 0 Å². The summed E-state index contributed by atoms with van der Waals surface area (Å²) >= 11 is 1.48. The number of carbonyl (C=O) groups is 1. The lowest BCUT2D eigenvalue weighted by molar-refractivity contribution is -0.110. The number of fused-ring (bicyclic) bond motifs is 2. The Morgan fingerprint density at radius 3 is 3.00 bits per heavy atom. The third kappa shape index (κ3) is 1.86. The second-order valence-electron chi connectivity index (χ2n) is 5.10. The van der Waals surface area contributed by atoms with Gasteiger partial charge in [0.1, 0.15) is 10.8 Å². The van der Waals surface area contributed by atoms with Crippen molar-refractivity contribution in [1.29, 1.82) is 0 Å². The first-order valence-corrected chi connectivity index (χ1v) is 7.50. The van der Waals surface area contributed by atoms with Crippen LogP contribution in [-0.2, 0) is 4.79 Å². The molecule has 3 heterocycles. The topological polar surface area (TPSA) is 59.3 Å². The molecule has 110 valence electrons. The van der Waals surface area contributed by atoms with Crippen LogP contribution in [0.25, 0.3) is 16.6 Å². The van der Waals surface area contributed by atoms with Crippen molar-refractivity contribution in [1.82, 2.24) is 14.6 Å². The highest BCUT2D eigenvalue weighted by atomic mass is 32.1. The fourth-order valence-corrected chi connectivity index (χ4v) is 3.36. The van der Waals surface area contributed by atoms with Crippen LogP contribution < -0.4 is 5.32 Å². The molecule has 22 heavy (non-hydrogen) atoms. The average Bonchev–Trinajstić information content (AvgIpc) is 3.04. The van der Waals surface area contributed by atoms with E-state index >= 15 is 0 Å². The van der Waals surface area contributed by atoms with Gasteiger partial charge in [-0.2, -0.15) is 5.10 Å². The average molecular weight is 314 g/mol. The number of aromatic nitrogens is 3. The number of amides is 1. The van der Waals surface area contributed by atoms with Gasteiger partial charge in [0.05, 0.1) is 17.0 Å². The number of halogens is 1. The molecule has 1 N–H and O–H groups in total. The molecule has 0 fully saturated rings. The van der Waals surface area contributed by atoms with Crippen molar-refractivity contribution in [3.05, 3.63) is 46.0 Å². The zero-order chi connectivity index (χ0) is 15.4. The third-order valence-corrected chi connectivity index (χ3v) is 4.39. The summed E-state index contributed by atoms with van der Waals surface area (Å²) in [4.78, 5) is 17.4. The monoisotopic (exact) mass is 314 g/mol. The van der Waals surface area contributed by atoms with E-state index in [-0.39, 0.29) is 11.7 Å². The molecule has 0 aliphatic carbocycles. The minimum Gasteiger partial charge on any atom is -0.321 e. The molecular formula is C15H11FN4OS. The Kier molecular flexibility index (Phi) is 2.67. The zero-order valence-electron chi connectivity index (χ0n) is 11.8. The fourth-order valence-electron chi connectivity index (χ4n) is 2.57. The first kappa shape index (κ1) is 13.1. The molecule has 7 heteroatoms. The molecule has 0 saturated heterocycles. The Balaban J connectivity index is 1.94. The lowest BCUT2D eigenvalue weighted by Crippen LogP contribution is -2.04. The van der Waals surface area contributed by atoms with Gasteiger partial charge in [0, 0.05) is 11.3 Å². The maximum Gasteiger partial charge on any atom is 0.256 e. The molecule has 1 aliphatic rings. The summed E-state index contributed by atoms with van der Waals surface area (Å²) in [5.41, 5.74) is 3.12. The minimum absolute atomic E-state index is 0.248. The number of rotatable bonds is 1. The van der Waals surface area contributed by atoms with Crippen molar-refractivity contribution in [2.75, 3.05) is 5.32 Å². The maximum atomic E-state index is 13.5. The van der Waals surface area contributed by atoms with Gasteiger partial charge in [0.15, 0.2) is 0 Å². The molecule has 1 aliphatic heterocycles. The molecule has 0 saturated carbocycles. The van der Waals surface area contributed by atoms with E-state index in [1.165, 1.54) is 23.5 Å². The lowest BCUT2D eigenvalue weighted by atomic mass is 10.1. The molecule has 1 aromatic carbocycles. The van der Waals surface area contributed by atoms with E-state index in [0.717, 1.165) is 21.4 Å². The number of carbonyl (C=O) groups excluding carboxylic acids is 1. The third-order valence-electron chi connectivity index (χ3n) is 3.57. The predicted octanol–water partition coefficient (Wildman–Crippen LogP) is 3.04. The number of benzene rings is 1. The molecule has 0 spiro atoms. The van der Waals surface area contributed by atoms with Crippen LogP contribution in [0.15, 0.2) is 18.2 Å². The smallest absolute Gasteiger partial charge is 0.256 e. The molecule has 3 aromatic rings. The number of aryl methyl sites for hydroxylation is 2. The Morgan fingerprint density at radius 2 is 2.18 bits per heavy atom. The first-order valence-electron chi connectivity index (χ1n) is 6.68. The van der Waals surface area contributed by atoms with Gasteiger partial charge in [-0.05, 0) is 38.1 Å². The first-order chi connectivity index (χ1) is 10.5. The summed E-state index contributed by atoms with van der Waals surface area (Å²) < 4.78 is 15.2. The van der Waals surface area contributed by atoms with Crippen LogP contribution in [0, 0.1) is 19.7 Å². The van der Waals surface area contributed by atoms with Crippen LogP contribution in [0.2, 0.25) is 0 Å². The van der Waals surface area contributed by atoms with Crippen LogP contribution in [0.5, 0.6) is 0 Å². The Hall–Kier alpha value is -2.54. The minimum atomic E-state index is -0.374. The van der Waals surface area contributed by atoms with Gasteiger partial charge in [-0.1, -0.05) is 11.3 Å². The van der Waals surface area contributed by atoms with Crippen molar-refractivity contribution < 1.29 is 9.18 Å². The van der Waals surface area contributed by atoms with Gasteiger partial charge in [0.2, 0.25) is 4.96 Å². The van der Waals surface area contributed by atoms with Gasteiger partial charge < -0.3 is 5.32 Å². The number of hydrogen-bond donors (Lipinski definition) is 1. The number of nitrogens with zero attached hydrogens (tertiary/aromatic N) is 3. The molecule has 0 bridgehead atoms. The number of anilines is 1. The van der Waals surface area contributed by atoms with E-state index in [1.54, 1.807) is 16.7 Å². The second-order valence-corrected chi connectivity index (χ2v) is 6.26. The zero-order valence-corrected chi connectivity index (χ0v) is 12.7. The van der Waals surface area contributed by atoms with Crippen molar-refractivity contribution in [3.63, 3.8) is 0 Å². The van der Waals surface area contributed by atoms with Crippen LogP contribution in [0.3, 0.4) is 0 Å². The van der Waals surface area contributed by atoms with Crippen LogP contribution in [0.4, 0.5) is 10.1 Å².